The first-order chi connectivity index (χ1) is 9.22. The number of carbonyl (C=O) groups excluding carboxylic acids is 1. The number of halogens is 1. The lowest BCUT2D eigenvalue weighted by molar-refractivity contribution is 0.0958. The molecule has 4 nitrogen and oxygen atoms in total. The zero-order valence-corrected chi connectivity index (χ0v) is 11.5. The van der Waals surface area contributed by atoms with Crippen molar-refractivity contribution in [2.75, 3.05) is 37.6 Å². The van der Waals surface area contributed by atoms with Gasteiger partial charge >= 0.3 is 0 Å². The van der Waals surface area contributed by atoms with Gasteiger partial charge in [-0.1, -0.05) is 17.7 Å². The monoisotopic (exact) mass is 279 g/mol. The second-order valence-electron chi connectivity index (χ2n) is 4.40. The van der Waals surface area contributed by atoms with Crippen LogP contribution in [0.15, 0.2) is 30.9 Å². The number of benzene rings is 1. The van der Waals surface area contributed by atoms with Gasteiger partial charge in [0.25, 0.3) is 5.91 Å². The van der Waals surface area contributed by atoms with Crippen molar-refractivity contribution in [3.63, 3.8) is 0 Å². The summed E-state index contributed by atoms with van der Waals surface area (Å²) in [4.78, 5) is 14.1. The van der Waals surface area contributed by atoms with Gasteiger partial charge < -0.3 is 15.5 Å². The molecule has 1 aromatic carbocycles. The molecule has 1 fully saturated rings. The molecule has 102 valence electrons. The third kappa shape index (κ3) is 3.49. The molecular formula is C14H18ClN3O. The number of carbonyl (C=O) groups is 1. The fraction of sp³-hybridized carbons (Fsp3) is 0.357. The van der Waals surface area contributed by atoms with E-state index in [2.05, 4.69) is 22.1 Å². The number of rotatable bonds is 4. The molecule has 19 heavy (non-hydrogen) atoms. The molecule has 0 radical (unpaired) electrons. The molecule has 1 saturated heterocycles. The lowest BCUT2D eigenvalue weighted by Gasteiger charge is -2.29. The van der Waals surface area contributed by atoms with E-state index >= 15 is 0 Å². The van der Waals surface area contributed by atoms with Crippen LogP contribution in [0.1, 0.15) is 10.4 Å². The standard InChI is InChI=1S/C14H18ClN3O/c1-2-5-17-14(19)12-4-3-11(10-13(12)15)18-8-6-16-7-9-18/h2-4,10,16H,1,5-9H2,(H,17,19). The minimum atomic E-state index is -0.170. The van der Waals surface area contributed by atoms with E-state index in [0.29, 0.717) is 17.1 Å². The summed E-state index contributed by atoms with van der Waals surface area (Å²) in [5, 5.41) is 6.51. The number of hydrogen-bond donors (Lipinski definition) is 2. The summed E-state index contributed by atoms with van der Waals surface area (Å²) in [6, 6.07) is 5.58. The quantitative estimate of drug-likeness (QED) is 0.824. The van der Waals surface area contributed by atoms with Crippen LogP contribution < -0.4 is 15.5 Å². The molecule has 1 aliphatic heterocycles. The van der Waals surface area contributed by atoms with Gasteiger partial charge in [0.2, 0.25) is 0 Å². The molecule has 0 bridgehead atoms. The molecule has 0 atom stereocenters. The molecule has 2 rings (SSSR count). The second kappa shape index (κ2) is 6.59. The van der Waals surface area contributed by atoms with Gasteiger partial charge in [-0.2, -0.15) is 0 Å². The van der Waals surface area contributed by atoms with Crippen molar-refractivity contribution in [1.82, 2.24) is 10.6 Å². The minimum absolute atomic E-state index is 0.170. The SMILES string of the molecule is C=CCNC(=O)c1ccc(N2CCNCC2)cc1Cl. The predicted molar refractivity (Wildman–Crippen MR) is 79.1 cm³/mol. The largest absolute Gasteiger partial charge is 0.369 e. The topological polar surface area (TPSA) is 44.4 Å². The van der Waals surface area contributed by atoms with Gasteiger partial charge in [-0.25, -0.2) is 0 Å². The van der Waals surface area contributed by atoms with E-state index in [0.717, 1.165) is 31.9 Å². The first-order valence-corrected chi connectivity index (χ1v) is 6.74. The number of nitrogens with one attached hydrogen (secondary N) is 2. The van der Waals surface area contributed by atoms with Gasteiger partial charge in [0, 0.05) is 38.4 Å². The van der Waals surface area contributed by atoms with Gasteiger partial charge in [0.05, 0.1) is 10.6 Å². The second-order valence-corrected chi connectivity index (χ2v) is 4.81. The van der Waals surface area contributed by atoms with Gasteiger partial charge in [0.1, 0.15) is 0 Å². The Hall–Kier alpha value is -1.52. The van der Waals surface area contributed by atoms with Crippen LogP contribution in [0.5, 0.6) is 0 Å². The molecule has 0 aliphatic carbocycles. The van der Waals surface area contributed by atoms with Gasteiger partial charge in [-0.05, 0) is 18.2 Å². The van der Waals surface area contributed by atoms with E-state index in [1.807, 2.05) is 12.1 Å². The van der Waals surface area contributed by atoms with Gasteiger partial charge in [-0.3, -0.25) is 4.79 Å². The van der Waals surface area contributed by atoms with Crippen LogP contribution >= 0.6 is 11.6 Å². The Labute approximate surface area is 118 Å². The van der Waals surface area contributed by atoms with Crippen LogP contribution in [0.25, 0.3) is 0 Å². The molecule has 0 unspecified atom stereocenters. The van der Waals surface area contributed by atoms with Crippen LogP contribution in [-0.2, 0) is 0 Å². The molecule has 0 aromatic heterocycles. The fourth-order valence-corrected chi connectivity index (χ4v) is 2.33. The molecule has 1 aromatic rings. The Morgan fingerprint density at radius 1 is 1.47 bits per heavy atom. The fourth-order valence-electron chi connectivity index (χ4n) is 2.07. The molecule has 5 heteroatoms. The Balaban J connectivity index is 2.11. The Morgan fingerprint density at radius 3 is 2.84 bits per heavy atom. The highest BCUT2D eigenvalue weighted by molar-refractivity contribution is 6.34. The first kappa shape index (κ1) is 13.9. The predicted octanol–water partition coefficient (Wildman–Crippen LogP) is 1.67. The third-order valence-electron chi connectivity index (χ3n) is 3.09. The van der Waals surface area contributed by atoms with E-state index in [1.165, 1.54) is 0 Å². The molecular weight excluding hydrogens is 262 g/mol. The van der Waals surface area contributed by atoms with E-state index in [1.54, 1.807) is 12.1 Å². The Morgan fingerprint density at radius 2 is 2.21 bits per heavy atom. The van der Waals surface area contributed by atoms with Crippen molar-refractivity contribution >= 4 is 23.2 Å². The first-order valence-electron chi connectivity index (χ1n) is 6.36. The van der Waals surface area contributed by atoms with Gasteiger partial charge in [0.15, 0.2) is 0 Å². The maximum atomic E-state index is 11.8. The number of amides is 1. The van der Waals surface area contributed by atoms with E-state index in [-0.39, 0.29) is 5.91 Å². The van der Waals surface area contributed by atoms with Crippen LogP contribution in [0.4, 0.5) is 5.69 Å². The Kier molecular flexibility index (Phi) is 4.82. The van der Waals surface area contributed by atoms with Gasteiger partial charge in [-0.15, -0.1) is 6.58 Å². The number of nitrogens with zero attached hydrogens (tertiary/aromatic N) is 1. The lowest BCUT2D eigenvalue weighted by atomic mass is 10.1. The summed E-state index contributed by atoms with van der Waals surface area (Å²) >= 11 is 6.19. The van der Waals surface area contributed by atoms with Crippen LogP contribution in [0, 0.1) is 0 Å². The van der Waals surface area contributed by atoms with Crippen molar-refractivity contribution < 1.29 is 4.79 Å². The summed E-state index contributed by atoms with van der Waals surface area (Å²) < 4.78 is 0. The molecule has 2 N–H and O–H groups in total. The molecule has 1 amide bonds. The molecule has 1 heterocycles. The summed E-state index contributed by atoms with van der Waals surface area (Å²) in [5.74, 6) is -0.170. The highest BCUT2D eigenvalue weighted by Gasteiger charge is 2.14. The zero-order chi connectivity index (χ0) is 13.7. The van der Waals surface area contributed by atoms with Crippen molar-refractivity contribution in [1.29, 1.82) is 0 Å². The number of hydrogen-bond acceptors (Lipinski definition) is 3. The van der Waals surface area contributed by atoms with E-state index in [9.17, 15) is 4.79 Å². The highest BCUT2D eigenvalue weighted by atomic mass is 35.5. The summed E-state index contributed by atoms with van der Waals surface area (Å²) in [6.07, 6.45) is 1.64. The van der Waals surface area contributed by atoms with E-state index < -0.39 is 0 Å². The number of anilines is 1. The van der Waals surface area contributed by atoms with Crippen LogP contribution in [0.2, 0.25) is 5.02 Å². The normalized spacial score (nSPS) is 15.1. The molecule has 0 spiro atoms. The summed E-state index contributed by atoms with van der Waals surface area (Å²) in [7, 11) is 0. The van der Waals surface area contributed by atoms with E-state index in [4.69, 9.17) is 11.6 Å². The average molecular weight is 280 g/mol. The summed E-state index contributed by atoms with van der Waals surface area (Å²) in [6.45, 7) is 7.86. The van der Waals surface area contributed by atoms with Crippen LogP contribution in [-0.4, -0.2) is 38.6 Å². The average Bonchev–Trinajstić information content (AvgIpc) is 2.45. The van der Waals surface area contributed by atoms with Crippen molar-refractivity contribution in [2.24, 2.45) is 0 Å². The lowest BCUT2D eigenvalue weighted by Crippen LogP contribution is -2.43. The molecule has 0 saturated carbocycles. The maximum Gasteiger partial charge on any atom is 0.253 e. The Bertz CT molecular complexity index is 470. The van der Waals surface area contributed by atoms with Crippen molar-refractivity contribution in [2.45, 2.75) is 0 Å². The van der Waals surface area contributed by atoms with Crippen LogP contribution in [0.3, 0.4) is 0 Å². The molecule has 1 aliphatic rings. The zero-order valence-electron chi connectivity index (χ0n) is 10.8. The van der Waals surface area contributed by atoms with Crippen molar-refractivity contribution in [3.8, 4) is 0 Å². The smallest absolute Gasteiger partial charge is 0.253 e. The third-order valence-corrected chi connectivity index (χ3v) is 3.40. The summed E-state index contributed by atoms with van der Waals surface area (Å²) in [5.41, 5.74) is 1.56. The maximum absolute atomic E-state index is 11.8. The highest BCUT2D eigenvalue weighted by Crippen LogP contribution is 2.24. The minimum Gasteiger partial charge on any atom is -0.369 e. The van der Waals surface area contributed by atoms with Crippen molar-refractivity contribution in [3.05, 3.63) is 41.4 Å². The number of piperazine rings is 1.